The smallest absolute Gasteiger partial charge is 0.0812 e. The predicted octanol–water partition coefficient (Wildman–Crippen LogP) is 3.25. The van der Waals surface area contributed by atoms with Gasteiger partial charge in [-0.15, -0.1) is 0 Å². The van der Waals surface area contributed by atoms with Crippen LogP contribution in [0.5, 0.6) is 0 Å². The first kappa shape index (κ1) is 13.4. The van der Waals surface area contributed by atoms with Crippen LogP contribution in [0.1, 0.15) is 48.9 Å². The molecule has 106 valence electrons. The molecule has 3 nitrogen and oxygen atoms in total. The Morgan fingerprint density at radius 1 is 1.35 bits per heavy atom. The minimum atomic E-state index is -0.328. The Balaban J connectivity index is 2.01. The highest BCUT2D eigenvalue weighted by Crippen LogP contribution is 2.42. The first-order valence-corrected chi connectivity index (χ1v) is 7.22. The number of aromatic nitrogens is 2. The third-order valence-electron chi connectivity index (χ3n) is 4.29. The Kier molecular flexibility index (Phi) is 3.17. The second kappa shape index (κ2) is 4.74. The summed E-state index contributed by atoms with van der Waals surface area (Å²) in [6.07, 6.45) is 5.21. The van der Waals surface area contributed by atoms with Crippen molar-refractivity contribution in [2.24, 2.45) is 5.41 Å². The van der Waals surface area contributed by atoms with Crippen LogP contribution in [0.15, 0.2) is 30.6 Å². The van der Waals surface area contributed by atoms with Crippen molar-refractivity contribution < 1.29 is 5.11 Å². The van der Waals surface area contributed by atoms with Crippen molar-refractivity contribution in [2.75, 3.05) is 0 Å². The maximum Gasteiger partial charge on any atom is 0.0812 e. The maximum absolute atomic E-state index is 10.4. The van der Waals surface area contributed by atoms with Crippen molar-refractivity contribution in [3.8, 4) is 0 Å². The molecule has 1 aliphatic rings. The van der Waals surface area contributed by atoms with E-state index in [-0.39, 0.29) is 11.5 Å². The van der Waals surface area contributed by atoms with Gasteiger partial charge >= 0.3 is 0 Å². The molecular weight excluding hydrogens is 248 g/mol. The molecule has 2 heterocycles. The maximum atomic E-state index is 10.4. The van der Waals surface area contributed by atoms with Crippen molar-refractivity contribution in [1.82, 2.24) is 9.55 Å². The minimum Gasteiger partial charge on any atom is -0.388 e. The SMILES string of the molecule is Cc1cc2c(n1Cc1ccncc1)CC(C)(C)CC2O. The predicted molar refractivity (Wildman–Crippen MR) is 79.6 cm³/mol. The van der Waals surface area contributed by atoms with Crippen molar-refractivity contribution >= 4 is 0 Å². The van der Waals surface area contributed by atoms with Gasteiger partial charge in [0.05, 0.1) is 6.10 Å². The van der Waals surface area contributed by atoms with E-state index in [9.17, 15) is 5.11 Å². The molecule has 0 aliphatic heterocycles. The standard InChI is InChI=1S/C17H22N2O/c1-12-8-14-15(9-17(2,3)10-16(14)20)19(12)11-13-4-6-18-7-5-13/h4-8,16,20H,9-11H2,1-3H3. The van der Waals surface area contributed by atoms with Crippen molar-refractivity contribution in [3.05, 3.63) is 53.1 Å². The molecule has 3 heteroatoms. The fourth-order valence-electron chi connectivity index (χ4n) is 3.29. The van der Waals surface area contributed by atoms with Crippen molar-refractivity contribution in [3.63, 3.8) is 0 Å². The molecule has 1 atom stereocenters. The van der Waals surface area contributed by atoms with E-state index in [1.807, 2.05) is 12.4 Å². The second-order valence-electron chi connectivity index (χ2n) is 6.69. The average molecular weight is 270 g/mol. The molecule has 0 aromatic carbocycles. The van der Waals surface area contributed by atoms with Crippen LogP contribution in [-0.2, 0) is 13.0 Å². The highest BCUT2D eigenvalue weighted by atomic mass is 16.3. The lowest BCUT2D eigenvalue weighted by Gasteiger charge is -2.34. The molecule has 0 saturated carbocycles. The van der Waals surface area contributed by atoms with E-state index in [1.165, 1.54) is 17.0 Å². The molecule has 3 rings (SSSR count). The molecule has 0 fully saturated rings. The Bertz CT molecular complexity index is 613. The van der Waals surface area contributed by atoms with E-state index < -0.39 is 0 Å². The number of aliphatic hydroxyl groups excluding tert-OH is 1. The Morgan fingerprint density at radius 2 is 2.05 bits per heavy atom. The normalized spacial score (nSPS) is 20.7. The van der Waals surface area contributed by atoms with Gasteiger partial charge in [0.2, 0.25) is 0 Å². The molecule has 0 saturated heterocycles. The van der Waals surface area contributed by atoms with Gasteiger partial charge in [-0.2, -0.15) is 0 Å². The summed E-state index contributed by atoms with van der Waals surface area (Å²) in [6, 6.07) is 6.25. The van der Waals surface area contributed by atoms with Gasteiger partial charge in [0.1, 0.15) is 0 Å². The van der Waals surface area contributed by atoms with Crippen LogP contribution in [0.4, 0.5) is 0 Å². The van der Waals surface area contributed by atoms with Crippen LogP contribution in [0.2, 0.25) is 0 Å². The summed E-state index contributed by atoms with van der Waals surface area (Å²) in [6.45, 7) is 7.45. The van der Waals surface area contributed by atoms with Gasteiger partial charge in [-0.25, -0.2) is 0 Å². The van der Waals surface area contributed by atoms with Crippen LogP contribution < -0.4 is 0 Å². The first-order chi connectivity index (χ1) is 9.46. The van der Waals surface area contributed by atoms with Crippen LogP contribution in [0, 0.1) is 12.3 Å². The summed E-state index contributed by atoms with van der Waals surface area (Å²) in [5.41, 5.74) is 5.05. The number of aryl methyl sites for hydroxylation is 1. The topological polar surface area (TPSA) is 38.0 Å². The summed E-state index contributed by atoms with van der Waals surface area (Å²) in [5.74, 6) is 0. The molecule has 0 radical (unpaired) electrons. The molecule has 0 spiro atoms. The summed E-state index contributed by atoms with van der Waals surface area (Å²) < 4.78 is 2.34. The van der Waals surface area contributed by atoms with Gasteiger partial charge in [0, 0.05) is 35.9 Å². The first-order valence-electron chi connectivity index (χ1n) is 7.22. The largest absolute Gasteiger partial charge is 0.388 e. The fraction of sp³-hybridized carbons (Fsp3) is 0.471. The molecule has 0 amide bonds. The van der Waals surface area contributed by atoms with Gasteiger partial charge in [0.25, 0.3) is 0 Å². The van der Waals surface area contributed by atoms with Crippen LogP contribution >= 0.6 is 0 Å². The van der Waals surface area contributed by atoms with Crippen LogP contribution in [0.3, 0.4) is 0 Å². The molecule has 20 heavy (non-hydrogen) atoms. The third-order valence-corrected chi connectivity index (χ3v) is 4.29. The molecule has 1 unspecified atom stereocenters. The number of aliphatic hydroxyl groups is 1. The average Bonchev–Trinajstić information content (AvgIpc) is 2.67. The van der Waals surface area contributed by atoms with Crippen molar-refractivity contribution in [2.45, 2.75) is 46.3 Å². The van der Waals surface area contributed by atoms with E-state index >= 15 is 0 Å². The number of hydrogen-bond donors (Lipinski definition) is 1. The quantitative estimate of drug-likeness (QED) is 0.909. The summed E-state index contributed by atoms with van der Waals surface area (Å²) in [7, 11) is 0. The van der Waals surface area contributed by atoms with E-state index in [2.05, 4.69) is 48.5 Å². The summed E-state index contributed by atoms with van der Waals surface area (Å²) in [4.78, 5) is 4.07. The van der Waals surface area contributed by atoms with E-state index in [0.717, 1.165) is 24.9 Å². The second-order valence-corrected chi connectivity index (χ2v) is 6.69. The van der Waals surface area contributed by atoms with E-state index in [0.29, 0.717) is 0 Å². The molecule has 1 N–H and O–H groups in total. The summed E-state index contributed by atoms with van der Waals surface area (Å²) >= 11 is 0. The minimum absolute atomic E-state index is 0.160. The zero-order valence-corrected chi connectivity index (χ0v) is 12.4. The zero-order chi connectivity index (χ0) is 14.3. The molecule has 2 aromatic heterocycles. The number of hydrogen-bond acceptors (Lipinski definition) is 2. The lowest BCUT2D eigenvalue weighted by Crippen LogP contribution is -2.27. The Morgan fingerprint density at radius 3 is 2.75 bits per heavy atom. The number of fused-ring (bicyclic) bond motifs is 1. The number of rotatable bonds is 2. The van der Waals surface area contributed by atoms with Crippen LogP contribution in [-0.4, -0.2) is 14.7 Å². The lowest BCUT2D eigenvalue weighted by molar-refractivity contribution is 0.0981. The Hall–Kier alpha value is -1.61. The molecule has 2 aromatic rings. The highest BCUT2D eigenvalue weighted by Gasteiger charge is 2.33. The number of pyridine rings is 1. The van der Waals surface area contributed by atoms with Gasteiger partial charge in [-0.1, -0.05) is 13.8 Å². The van der Waals surface area contributed by atoms with Gasteiger partial charge in [-0.3, -0.25) is 4.98 Å². The van der Waals surface area contributed by atoms with Crippen LogP contribution in [0.25, 0.3) is 0 Å². The van der Waals surface area contributed by atoms with Gasteiger partial charge in [0.15, 0.2) is 0 Å². The highest BCUT2D eigenvalue weighted by molar-refractivity contribution is 5.34. The fourth-order valence-corrected chi connectivity index (χ4v) is 3.29. The number of nitrogens with zero attached hydrogens (tertiary/aromatic N) is 2. The van der Waals surface area contributed by atoms with E-state index in [1.54, 1.807) is 0 Å². The monoisotopic (exact) mass is 270 g/mol. The lowest BCUT2D eigenvalue weighted by atomic mass is 9.75. The zero-order valence-electron chi connectivity index (χ0n) is 12.4. The van der Waals surface area contributed by atoms with Gasteiger partial charge in [-0.05, 0) is 48.9 Å². The van der Waals surface area contributed by atoms with Gasteiger partial charge < -0.3 is 9.67 Å². The van der Waals surface area contributed by atoms with Crippen molar-refractivity contribution in [1.29, 1.82) is 0 Å². The summed E-state index contributed by atoms with van der Waals surface area (Å²) in [5, 5.41) is 10.4. The Labute approximate surface area is 120 Å². The molecule has 1 aliphatic carbocycles. The third kappa shape index (κ3) is 2.38. The van der Waals surface area contributed by atoms with E-state index in [4.69, 9.17) is 0 Å². The molecular formula is C17H22N2O. The molecule has 0 bridgehead atoms.